The van der Waals surface area contributed by atoms with Crippen molar-refractivity contribution in [2.24, 2.45) is 4.99 Å². The molecule has 31 heavy (non-hydrogen) atoms. The van der Waals surface area contributed by atoms with Gasteiger partial charge in [-0.3, -0.25) is 9.79 Å². The van der Waals surface area contributed by atoms with Crippen LogP contribution in [0.3, 0.4) is 0 Å². The third kappa shape index (κ3) is 7.57. The van der Waals surface area contributed by atoms with Crippen molar-refractivity contribution in [2.75, 3.05) is 38.1 Å². The van der Waals surface area contributed by atoms with Crippen LogP contribution in [0.2, 0.25) is 5.02 Å². The highest BCUT2D eigenvalue weighted by Gasteiger charge is 2.14. The van der Waals surface area contributed by atoms with Gasteiger partial charge in [0.1, 0.15) is 0 Å². The number of benzene rings is 2. The van der Waals surface area contributed by atoms with Crippen LogP contribution in [-0.2, 0) is 0 Å². The minimum Gasteiger partial charge on any atom is -0.372 e. The predicted octanol–water partition coefficient (Wildman–Crippen LogP) is 4.21. The monoisotopic (exact) mass is 555 g/mol. The van der Waals surface area contributed by atoms with Gasteiger partial charge in [0.15, 0.2) is 5.96 Å². The van der Waals surface area contributed by atoms with E-state index in [0.717, 1.165) is 13.1 Å². The van der Waals surface area contributed by atoms with Crippen LogP contribution in [0.1, 0.15) is 41.7 Å². The Morgan fingerprint density at radius 3 is 2.45 bits per heavy atom. The quantitative estimate of drug-likeness (QED) is 0.207. The smallest absolute Gasteiger partial charge is 0.251 e. The summed E-state index contributed by atoms with van der Waals surface area (Å²) < 4.78 is 0. The van der Waals surface area contributed by atoms with Crippen molar-refractivity contribution in [1.82, 2.24) is 16.0 Å². The van der Waals surface area contributed by atoms with Gasteiger partial charge in [0.05, 0.1) is 6.04 Å². The highest BCUT2D eigenvalue weighted by Crippen LogP contribution is 2.23. The van der Waals surface area contributed by atoms with Gasteiger partial charge in [-0.2, -0.15) is 0 Å². The molecule has 1 aliphatic heterocycles. The Morgan fingerprint density at radius 2 is 1.77 bits per heavy atom. The lowest BCUT2D eigenvalue weighted by atomic mass is 10.1. The summed E-state index contributed by atoms with van der Waals surface area (Å²) in [5.74, 6) is 0.582. The molecule has 168 valence electrons. The van der Waals surface area contributed by atoms with Crippen LogP contribution in [-0.4, -0.2) is 45.1 Å². The third-order valence-corrected chi connectivity index (χ3v) is 5.48. The van der Waals surface area contributed by atoms with E-state index < -0.39 is 0 Å². The molecule has 2 aromatic rings. The summed E-state index contributed by atoms with van der Waals surface area (Å²) in [5.41, 5.74) is 3.10. The molecule has 0 bridgehead atoms. The van der Waals surface area contributed by atoms with Gasteiger partial charge >= 0.3 is 0 Å². The number of nitrogens with zero attached hydrogens (tertiary/aromatic N) is 2. The topological polar surface area (TPSA) is 68.8 Å². The van der Waals surface area contributed by atoms with Gasteiger partial charge in [0, 0.05) is 49.5 Å². The second-order valence-corrected chi connectivity index (χ2v) is 7.85. The maximum Gasteiger partial charge on any atom is 0.251 e. The Morgan fingerprint density at radius 1 is 1.10 bits per heavy atom. The van der Waals surface area contributed by atoms with Gasteiger partial charge < -0.3 is 20.9 Å². The molecule has 1 heterocycles. The summed E-state index contributed by atoms with van der Waals surface area (Å²) in [6.07, 6.45) is 2.53. The van der Waals surface area contributed by atoms with Crippen LogP contribution >= 0.6 is 35.6 Å². The van der Waals surface area contributed by atoms with Crippen molar-refractivity contribution in [3.63, 3.8) is 0 Å². The molecule has 1 atom stereocenters. The molecule has 3 rings (SSSR count). The second kappa shape index (κ2) is 12.8. The first kappa shape index (κ1) is 25.3. The van der Waals surface area contributed by atoms with Gasteiger partial charge in [0.25, 0.3) is 5.91 Å². The number of amides is 1. The molecule has 1 fully saturated rings. The number of aliphatic imine (C=N–C) groups is 1. The molecule has 0 saturated carbocycles. The van der Waals surface area contributed by atoms with Crippen LogP contribution in [0.25, 0.3) is 0 Å². The number of nitrogens with one attached hydrogen (secondary N) is 3. The Labute approximate surface area is 206 Å². The number of hydrogen-bond acceptors (Lipinski definition) is 3. The molecule has 0 aliphatic carbocycles. The molecule has 6 nitrogen and oxygen atoms in total. The van der Waals surface area contributed by atoms with Crippen LogP contribution in [0.15, 0.2) is 53.5 Å². The average molecular weight is 556 g/mol. The third-order valence-electron chi connectivity index (χ3n) is 5.23. The standard InChI is InChI=1S/C23H30ClN5O.HI/c1-17(19-6-5-7-21(16-19)29-14-3-4-15-29)28-23(25-2)27-13-12-26-22(30)18-8-10-20(24)11-9-18;/h5-11,16-17H,3-4,12-15H2,1-2H3,(H,26,30)(H2,25,27,28);1H. The highest BCUT2D eigenvalue weighted by atomic mass is 127. The lowest BCUT2D eigenvalue weighted by Crippen LogP contribution is -2.42. The molecule has 0 spiro atoms. The zero-order valence-corrected chi connectivity index (χ0v) is 21.1. The summed E-state index contributed by atoms with van der Waals surface area (Å²) in [6, 6.07) is 15.6. The molecular weight excluding hydrogens is 525 g/mol. The average Bonchev–Trinajstić information content (AvgIpc) is 3.31. The zero-order valence-electron chi connectivity index (χ0n) is 18.0. The van der Waals surface area contributed by atoms with E-state index in [1.807, 2.05) is 0 Å². The number of carbonyl (C=O) groups excluding carboxylic acids is 1. The maximum absolute atomic E-state index is 12.1. The number of anilines is 1. The zero-order chi connectivity index (χ0) is 21.3. The number of guanidine groups is 1. The van der Waals surface area contributed by atoms with Gasteiger partial charge in [0.2, 0.25) is 0 Å². The van der Waals surface area contributed by atoms with Crippen LogP contribution < -0.4 is 20.9 Å². The molecule has 1 aliphatic rings. The molecule has 1 saturated heterocycles. The number of carbonyl (C=O) groups is 1. The predicted molar refractivity (Wildman–Crippen MR) is 140 cm³/mol. The highest BCUT2D eigenvalue weighted by molar-refractivity contribution is 14.0. The summed E-state index contributed by atoms with van der Waals surface area (Å²) in [5, 5.41) is 10.2. The molecule has 8 heteroatoms. The Hall–Kier alpha value is -2.00. The van der Waals surface area contributed by atoms with E-state index in [4.69, 9.17) is 11.6 Å². The fraction of sp³-hybridized carbons (Fsp3) is 0.391. The molecule has 1 unspecified atom stereocenters. The fourth-order valence-corrected chi connectivity index (χ4v) is 3.64. The van der Waals surface area contributed by atoms with Gasteiger partial charge in [-0.15, -0.1) is 24.0 Å². The first-order chi connectivity index (χ1) is 14.6. The van der Waals surface area contributed by atoms with Crippen LogP contribution in [0, 0.1) is 0 Å². The van der Waals surface area contributed by atoms with E-state index in [1.54, 1.807) is 31.3 Å². The van der Waals surface area contributed by atoms with Crippen molar-refractivity contribution in [3.05, 3.63) is 64.7 Å². The lowest BCUT2D eigenvalue weighted by molar-refractivity contribution is 0.0954. The normalized spacial score (nSPS) is 14.5. The summed E-state index contributed by atoms with van der Waals surface area (Å²) in [7, 11) is 1.75. The fourth-order valence-electron chi connectivity index (χ4n) is 3.51. The Bertz CT molecular complexity index is 869. The second-order valence-electron chi connectivity index (χ2n) is 7.42. The minimum absolute atomic E-state index is 0. The number of halogens is 2. The molecule has 3 N–H and O–H groups in total. The number of hydrogen-bond donors (Lipinski definition) is 3. The Balaban J connectivity index is 0.00000341. The van der Waals surface area contributed by atoms with E-state index in [0.29, 0.717) is 29.6 Å². The van der Waals surface area contributed by atoms with E-state index in [2.05, 4.69) is 57.0 Å². The van der Waals surface area contributed by atoms with Crippen molar-refractivity contribution < 1.29 is 4.79 Å². The summed E-state index contributed by atoms with van der Waals surface area (Å²) >= 11 is 5.86. The maximum atomic E-state index is 12.1. The van der Waals surface area contributed by atoms with E-state index in [9.17, 15) is 4.79 Å². The summed E-state index contributed by atoms with van der Waals surface area (Å²) in [6.45, 7) is 5.45. The number of rotatable bonds is 7. The molecule has 1 amide bonds. The van der Waals surface area contributed by atoms with Gasteiger partial charge in [-0.1, -0.05) is 23.7 Å². The van der Waals surface area contributed by atoms with Crippen LogP contribution in [0.5, 0.6) is 0 Å². The van der Waals surface area contributed by atoms with Crippen LogP contribution in [0.4, 0.5) is 5.69 Å². The minimum atomic E-state index is -0.122. The van der Waals surface area contributed by atoms with Crippen molar-refractivity contribution in [1.29, 1.82) is 0 Å². The van der Waals surface area contributed by atoms with Crippen molar-refractivity contribution >= 4 is 53.1 Å². The molecule has 0 radical (unpaired) electrons. The molecular formula is C23H31ClIN5O. The molecule has 2 aromatic carbocycles. The van der Waals surface area contributed by atoms with E-state index in [-0.39, 0.29) is 35.9 Å². The van der Waals surface area contributed by atoms with E-state index >= 15 is 0 Å². The lowest BCUT2D eigenvalue weighted by Gasteiger charge is -2.22. The first-order valence-corrected chi connectivity index (χ1v) is 10.8. The first-order valence-electron chi connectivity index (χ1n) is 10.4. The van der Waals surface area contributed by atoms with Gasteiger partial charge in [-0.05, 0) is 61.7 Å². The Kier molecular flexibility index (Phi) is 10.4. The van der Waals surface area contributed by atoms with Crippen molar-refractivity contribution in [2.45, 2.75) is 25.8 Å². The SMILES string of the molecule is CN=C(NCCNC(=O)c1ccc(Cl)cc1)NC(C)c1cccc(N2CCCC2)c1.I. The van der Waals surface area contributed by atoms with E-state index in [1.165, 1.54) is 24.1 Å². The largest absolute Gasteiger partial charge is 0.372 e. The molecule has 0 aromatic heterocycles. The summed E-state index contributed by atoms with van der Waals surface area (Å²) in [4.78, 5) is 18.9. The van der Waals surface area contributed by atoms with Crippen molar-refractivity contribution in [3.8, 4) is 0 Å². The van der Waals surface area contributed by atoms with Gasteiger partial charge in [-0.25, -0.2) is 0 Å².